The van der Waals surface area contributed by atoms with Crippen LogP contribution in [0.4, 0.5) is 11.8 Å². The summed E-state index contributed by atoms with van der Waals surface area (Å²) in [5, 5.41) is 20.5. The molecule has 1 saturated heterocycles. The Kier molecular flexibility index (Phi) is 4.24. The molecule has 8 heteroatoms. The van der Waals surface area contributed by atoms with Crippen molar-refractivity contribution in [3.8, 4) is 5.69 Å². The zero-order valence-corrected chi connectivity index (χ0v) is 14.2. The molecule has 8 nitrogen and oxygen atoms in total. The molecule has 3 heterocycles. The molecular formula is C17H20N8. The number of nitrogens with zero attached hydrogens (tertiary/aromatic N) is 8. The van der Waals surface area contributed by atoms with Crippen molar-refractivity contribution in [1.82, 2.24) is 30.4 Å². The maximum Gasteiger partial charge on any atom is 0.250 e. The van der Waals surface area contributed by atoms with Crippen molar-refractivity contribution >= 4 is 11.8 Å². The summed E-state index contributed by atoms with van der Waals surface area (Å²) in [6.45, 7) is 5.62. The third-order valence-corrected chi connectivity index (χ3v) is 4.39. The maximum atomic E-state index is 4.26. The molecule has 128 valence electrons. The molecule has 0 spiro atoms. The summed E-state index contributed by atoms with van der Waals surface area (Å²) in [7, 11) is 0. The lowest BCUT2D eigenvalue weighted by Crippen LogP contribution is -2.32. The predicted molar refractivity (Wildman–Crippen MR) is 95.0 cm³/mol. The van der Waals surface area contributed by atoms with Gasteiger partial charge in [-0.05, 0) is 48.0 Å². The van der Waals surface area contributed by atoms with E-state index < -0.39 is 0 Å². The molecule has 0 amide bonds. The van der Waals surface area contributed by atoms with Gasteiger partial charge in [-0.1, -0.05) is 22.8 Å². The van der Waals surface area contributed by atoms with Gasteiger partial charge < -0.3 is 9.80 Å². The molecule has 3 aromatic rings. The largest absolute Gasteiger partial charge is 0.353 e. The third-order valence-electron chi connectivity index (χ3n) is 4.39. The smallest absolute Gasteiger partial charge is 0.250 e. The number of benzene rings is 1. The molecule has 25 heavy (non-hydrogen) atoms. The Bertz CT molecular complexity index is 814. The first-order valence-electron chi connectivity index (χ1n) is 8.44. The molecule has 0 aliphatic carbocycles. The monoisotopic (exact) mass is 336 g/mol. The number of rotatable bonds is 3. The molecule has 1 aliphatic heterocycles. The lowest BCUT2D eigenvalue weighted by Gasteiger charge is -2.22. The molecule has 0 atom stereocenters. The van der Waals surface area contributed by atoms with Gasteiger partial charge in [0.15, 0.2) is 5.82 Å². The number of aryl methyl sites for hydroxylation is 1. The van der Waals surface area contributed by atoms with E-state index >= 15 is 0 Å². The quantitative estimate of drug-likeness (QED) is 0.717. The standard InChI is InChI=1S/C17H20N8/c1-14-5-7-15(8-6-14)25-17(20-21-22-25)24-11-3-10-23(12-13-24)16-4-2-9-18-19-16/h2,4-9H,3,10-13H2,1H3. The van der Waals surface area contributed by atoms with Crippen molar-refractivity contribution < 1.29 is 0 Å². The molecule has 0 N–H and O–H groups in total. The second-order valence-electron chi connectivity index (χ2n) is 6.14. The van der Waals surface area contributed by atoms with Crippen LogP contribution in [0.25, 0.3) is 5.69 Å². The van der Waals surface area contributed by atoms with Crippen LogP contribution in [0, 0.1) is 6.92 Å². The summed E-state index contributed by atoms with van der Waals surface area (Å²) < 4.78 is 1.80. The minimum Gasteiger partial charge on any atom is -0.353 e. The van der Waals surface area contributed by atoms with Crippen molar-refractivity contribution in [1.29, 1.82) is 0 Å². The average molecular weight is 336 g/mol. The summed E-state index contributed by atoms with van der Waals surface area (Å²) >= 11 is 0. The molecule has 4 rings (SSSR count). The van der Waals surface area contributed by atoms with Crippen LogP contribution in [0.3, 0.4) is 0 Å². The van der Waals surface area contributed by atoms with Gasteiger partial charge in [0.05, 0.1) is 5.69 Å². The lowest BCUT2D eigenvalue weighted by atomic mass is 10.2. The molecule has 1 aromatic carbocycles. The second-order valence-corrected chi connectivity index (χ2v) is 6.14. The third kappa shape index (κ3) is 3.28. The van der Waals surface area contributed by atoms with Crippen molar-refractivity contribution in [2.45, 2.75) is 13.3 Å². The predicted octanol–water partition coefficient (Wildman–Crippen LogP) is 1.48. The molecule has 0 saturated carbocycles. The van der Waals surface area contributed by atoms with E-state index in [1.165, 1.54) is 5.56 Å². The highest BCUT2D eigenvalue weighted by atomic mass is 15.6. The first-order chi connectivity index (χ1) is 12.3. The summed E-state index contributed by atoms with van der Waals surface area (Å²) in [5.74, 6) is 1.70. The average Bonchev–Trinajstić information content (AvgIpc) is 3.01. The topological polar surface area (TPSA) is 75.9 Å². The van der Waals surface area contributed by atoms with Gasteiger partial charge in [-0.25, -0.2) is 0 Å². The Labute approximate surface area is 146 Å². The minimum absolute atomic E-state index is 0.782. The normalized spacial score (nSPS) is 15.2. The zero-order valence-electron chi connectivity index (χ0n) is 14.2. The van der Waals surface area contributed by atoms with Crippen LogP contribution in [-0.4, -0.2) is 56.6 Å². The summed E-state index contributed by atoms with van der Waals surface area (Å²) in [6, 6.07) is 12.1. The Morgan fingerprint density at radius 3 is 2.48 bits per heavy atom. The fourth-order valence-electron chi connectivity index (χ4n) is 3.04. The van der Waals surface area contributed by atoms with Crippen LogP contribution in [-0.2, 0) is 0 Å². The summed E-state index contributed by atoms with van der Waals surface area (Å²) in [5.41, 5.74) is 2.19. The van der Waals surface area contributed by atoms with Gasteiger partial charge in [0.2, 0.25) is 5.95 Å². The van der Waals surface area contributed by atoms with Crippen molar-refractivity contribution in [2.24, 2.45) is 0 Å². The van der Waals surface area contributed by atoms with Crippen LogP contribution in [0.1, 0.15) is 12.0 Å². The molecule has 1 aliphatic rings. The number of aromatic nitrogens is 6. The Hall–Kier alpha value is -3.03. The van der Waals surface area contributed by atoms with Gasteiger partial charge in [0, 0.05) is 32.4 Å². The molecule has 1 fully saturated rings. The highest BCUT2D eigenvalue weighted by molar-refractivity contribution is 5.43. The van der Waals surface area contributed by atoms with Crippen molar-refractivity contribution in [3.05, 3.63) is 48.2 Å². The SMILES string of the molecule is Cc1ccc(-n2nnnc2N2CCCN(c3cccnn3)CC2)cc1. The van der Waals surface area contributed by atoms with E-state index in [1.807, 2.05) is 24.3 Å². The first-order valence-corrected chi connectivity index (χ1v) is 8.44. The highest BCUT2D eigenvalue weighted by Crippen LogP contribution is 2.19. The molecule has 0 bridgehead atoms. The molecular weight excluding hydrogens is 316 g/mol. The van der Waals surface area contributed by atoms with Crippen LogP contribution in [0.15, 0.2) is 42.6 Å². The van der Waals surface area contributed by atoms with Gasteiger partial charge in [0.25, 0.3) is 0 Å². The Balaban J connectivity index is 1.54. The Morgan fingerprint density at radius 1 is 0.880 bits per heavy atom. The van der Waals surface area contributed by atoms with E-state index in [4.69, 9.17) is 0 Å². The lowest BCUT2D eigenvalue weighted by molar-refractivity contribution is 0.743. The first kappa shape index (κ1) is 15.5. The number of anilines is 2. The molecule has 0 radical (unpaired) electrons. The maximum absolute atomic E-state index is 4.26. The minimum atomic E-state index is 0.782. The second kappa shape index (κ2) is 6.84. The van der Waals surface area contributed by atoms with Gasteiger partial charge in [-0.15, -0.1) is 5.10 Å². The van der Waals surface area contributed by atoms with E-state index in [1.54, 1.807) is 10.9 Å². The Morgan fingerprint density at radius 2 is 1.68 bits per heavy atom. The summed E-state index contributed by atoms with van der Waals surface area (Å²) in [6.07, 6.45) is 2.71. The van der Waals surface area contributed by atoms with Crippen LogP contribution >= 0.6 is 0 Å². The van der Waals surface area contributed by atoms with Gasteiger partial charge in [-0.2, -0.15) is 9.78 Å². The van der Waals surface area contributed by atoms with E-state index in [0.717, 1.165) is 50.1 Å². The van der Waals surface area contributed by atoms with Crippen molar-refractivity contribution in [2.75, 3.05) is 36.0 Å². The van der Waals surface area contributed by atoms with E-state index in [-0.39, 0.29) is 0 Å². The number of hydrogen-bond donors (Lipinski definition) is 0. The van der Waals surface area contributed by atoms with E-state index in [2.05, 4.69) is 54.6 Å². The van der Waals surface area contributed by atoms with Crippen LogP contribution < -0.4 is 9.80 Å². The number of hydrogen-bond acceptors (Lipinski definition) is 7. The van der Waals surface area contributed by atoms with Crippen molar-refractivity contribution in [3.63, 3.8) is 0 Å². The fraction of sp³-hybridized carbons (Fsp3) is 0.353. The fourth-order valence-corrected chi connectivity index (χ4v) is 3.04. The van der Waals surface area contributed by atoms with Crippen LogP contribution in [0.5, 0.6) is 0 Å². The number of tetrazole rings is 1. The van der Waals surface area contributed by atoms with E-state index in [0.29, 0.717) is 0 Å². The van der Waals surface area contributed by atoms with E-state index in [9.17, 15) is 0 Å². The highest BCUT2D eigenvalue weighted by Gasteiger charge is 2.21. The van der Waals surface area contributed by atoms with Gasteiger partial charge >= 0.3 is 0 Å². The van der Waals surface area contributed by atoms with Crippen LogP contribution in [0.2, 0.25) is 0 Å². The zero-order chi connectivity index (χ0) is 17.1. The van der Waals surface area contributed by atoms with Gasteiger partial charge in [0.1, 0.15) is 0 Å². The summed E-state index contributed by atoms with van der Waals surface area (Å²) in [4.78, 5) is 4.49. The molecule has 0 unspecified atom stereocenters. The molecule has 2 aromatic heterocycles. The van der Waals surface area contributed by atoms with Gasteiger partial charge in [-0.3, -0.25) is 0 Å².